The minimum absolute atomic E-state index is 0.00999. The second-order valence-corrected chi connectivity index (χ2v) is 7.93. The summed E-state index contributed by atoms with van der Waals surface area (Å²) in [6, 6.07) is 5.08. The van der Waals surface area contributed by atoms with Crippen molar-refractivity contribution < 1.29 is 27.5 Å². The molecule has 168 valence electrons. The normalized spacial score (nSPS) is 11.5. The average molecular weight is 485 g/mol. The molecule has 0 amide bonds. The zero-order valence-corrected chi connectivity index (χ0v) is 18.9. The summed E-state index contributed by atoms with van der Waals surface area (Å²) < 4.78 is 44.8. The SMILES string of the molecule is Cc1cc(C(=O)c2c(C)nn(C)c2OC(=O)c2ccc(C(F)(F)F)cc2)c(Cl)c(C)c1Cl. The summed E-state index contributed by atoms with van der Waals surface area (Å²) in [7, 11) is 1.47. The third-order valence-corrected chi connectivity index (χ3v) is 5.95. The van der Waals surface area contributed by atoms with E-state index in [0.717, 1.165) is 24.3 Å². The molecule has 3 aromatic rings. The maximum atomic E-state index is 13.3. The summed E-state index contributed by atoms with van der Waals surface area (Å²) in [4.78, 5) is 25.9. The quantitative estimate of drug-likeness (QED) is 0.330. The molecule has 0 saturated carbocycles. The number of hydrogen-bond donors (Lipinski definition) is 0. The molecule has 10 heteroatoms. The highest BCUT2D eigenvalue weighted by Gasteiger charge is 2.31. The third-order valence-electron chi connectivity index (χ3n) is 4.88. The van der Waals surface area contributed by atoms with Gasteiger partial charge in [0.05, 0.1) is 21.8 Å². The Labute approximate surface area is 191 Å². The number of nitrogens with zero attached hydrogens (tertiary/aromatic N) is 2. The lowest BCUT2D eigenvalue weighted by molar-refractivity contribution is -0.137. The molecule has 0 aliphatic heterocycles. The summed E-state index contributed by atoms with van der Waals surface area (Å²) in [6.07, 6.45) is -4.53. The molecule has 2 aromatic carbocycles. The minimum Gasteiger partial charge on any atom is -0.403 e. The Bertz CT molecular complexity index is 1230. The number of aromatic nitrogens is 2. The number of aryl methyl sites for hydroxylation is 3. The lowest BCUT2D eigenvalue weighted by Gasteiger charge is -2.12. The van der Waals surface area contributed by atoms with E-state index in [9.17, 15) is 22.8 Å². The van der Waals surface area contributed by atoms with Gasteiger partial charge in [-0.15, -0.1) is 0 Å². The third kappa shape index (κ3) is 4.38. The van der Waals surface area contributed by atoms with Gasteiger partial charge in [-0.25, -0.2) is 9.48 Å². The molecule has 0 bridgehead atoms. The van der Waals surface area contributed by atoms with Crippen molar-refractivity contribution in [1.82, 2.24) is 9.78 Å². The van der Waals surface area contributed by atoms with Crippen LogP contribution in [-0.4, -0.2) is 21.5 Å². The van der Waals surface area contributed by atoms with Crippen molar-refractivity contribution in [2.75, 3.05) is 0 Å². The van der Waals surface area contributed by atoms with Crippen LogP contribution in [-0.2, 0) is 13.2 Å². The van der Waals surface area contributed by atoms with Gasteiger partial charge in [0.25, 0.3) is 0 Å². The molecule has 32 heavy (non-hydrogen) atoms. The first kappa shape index (κ1) is 23.8. The van der Waals surface area contributed by atoms with Gasteiger partial charge in [0.2, 0.25) is 11.7 Å². The van der Waals surface area contributed by atoms with Crippen molar-refractivity contribution >= 4 is 35.0 Å². The van der Waals surface area contributed by atoms with Crippen LogP contribution in [0, 0.1) is 20.8 Å². The zero-order chi connectivity index (χ0) is 24.0. The fraction of sp³-hybridized carbons (Fsp3) is 0.227. The highest BCUT2D eigenvalue weighted by Crippen LogP contribution is 2.34. The Morgan fingerprint density at radius 1 is 1.03 bits per heavy atom. The molecular formula is C22H17Cl2F3N2O3. The Morgan fingerprint density at radius 3 is 2.19 bits per heavy atom. The number of ether oxygens (including phenoxy) is 1. The molecule has 1 aromatic heterocycles. The highest BCUT2D eigenvalue weighted by molar-refractivity contribution is 6.39. The van der Waals surface area contributed by atoms with Crippen LogP contribution in [0.1, 0.15) is 48.7 Å². The zero-order valence-electron chi connectivity index (χ0n) is 17.4. The summed E-state index contributed by atoms with van der Waals surface area (Å²) in [5.74, 6) is -1.62. The van der Waals surface area contributed by atoms with Gasteiger partial charge < -0.3 is 4.74 Å². The van der Waals surface area contributed by atoms with E-state index in [4.69, 9.17) is 27.9 Å². The maximum Gasteiger partial charge on any atom is 0.416 e. The molecule has 0 unspecified atom stereocenters. The monoisotopic (exact) mass is 484 g/mol. The topological polar surface area (TPSA) is 61.2 Å². The van der Waals surface area contributed by atoms with Gasteiger partial charge in [0, 0.05) is 17.6 Å². The largest absolute Gasteiger partial charge is 0.416 e. The standard InChI is InChI=1S/C22H17Cl2F3N2O3/c1-10-9-15(18(24)11(2)17(10)23)19(30)16-12(3)28-29(4)20(16)32-21(31)13-5-7-14(8-6-13)22(25,26)27/h5-9H,1-4H3. The van der Waals surface area contributed by atoms with Crippen molar-refractivity contribution in [2.24, 2.45) is 7.05 Å². The number of halogens is 5. The fourth-order valence-corrected chi connectivity index (χ4v) is 3.63. The number of carbonyl (C=O) groups excluding carboxylic acids is 2. The van der Waals surface area contributed by atoms with Crippen LogP contribution in [0.2, 0.25) is 10.0 Å². The number of alkyl halides is 3. The van der Waals surface area contributed by atoms with Crippen LogP contribution >= 0.6 is 23.2 Å². The molecule has 0 N–H and O–H groups in total. The van der Waals surface area contributed by atoms with Crippen LogP contribution in [0.5, 0.6) is 5.88 Å². The fourth-order valence-electron chi connectivity index (χ4n) is 3.19. The van der Waals surface area contributed by atoms with Crippen molar-refractivity contribution in [2.45, 2.75) is 26.9 Å². The van der Waals surface area contributed by atoms with Gasteiger partial charge in [-0.2, -0.15) is 18.3 Å². The first-order valence-corrected chi connectivity index (χ1v) is 10.0. The molecule has 0 saturated heterocycles. The van der Waals surface area contributed by atoms with Crippen molar-refractivity contribution in [3.63, 3.8) is 0 Å². The number of hydrogen-bond acceptors (Lipinski definition) is 4. The van der Waals surface area contributed by atoms with Crippen LogP contribution in [0.3, 0.4) is 0 Å². The van der Waals surface area contributed by atoms with Crippen LogP contribution in [0.25, 0.3) is 0 Å². The number of carbonyl (C=O) groups is 2. The molecule has 5 nitrogen and oxygen atoms in total. The predicted molar refractivity (Wildman–Crippen MR) is 114 cm³/mol. The number of ketones is 1. The van der Waals surface area contributed by atoms with Crippen molar-refractivity contribution in [1.29, 1.82) is 0 Å². The van der Waals surface area contributed by atoms with Gasteiger partial charge in [0.1, 0.15) is 5.56 Å². The van der Waals surface area contributed by atoms with E-state index in [-0.39, 0.29) is 33.3 Å². The summed E-state index contributed by atoms with van der Waals surface area (Å²) in [6.45, 7) is 4.96. The van der Waals surface area contributed by atoms with E-state index in [1.807, 2.05) is 0 Å². The summed E-state index contributed by atoms with van der Waals surface area (Å²) in [5.41, 5.74) is 0.609. The Hall–Kier alpha value is -2.84. The maximum absolute atomic E-state index is 13.3. The molecule has 0 spiro atoms. The van der Waals surface area contributed by atoms with Crippen LogP contribution in [0.4, 0.5) is 13.2 Å². The van der Waals surface area contributed by atoms with Gasteiger partial charge in [-0.05, 0) is 62.2 Å². The molecule has 0 radical (unpaired) electrons. The number of esters is 1. The summed E-state index contributed by atoms with van der Waals surface area (Å²) in [5, 5.41) is 4.74. The average Bonchev–Trinajstić information content (AvgIpc) is 3.00. The van der Waals surface area contributed by atoms with Crippen LogP contribution < -0.4 is 4.74 Å². The Kier molecular flexibility index (Phi) is 6.40. The highest BCUT2D eigenvalue weighted by atomic mass is 35.5. The molecule has 1 heterocycles. The van der Waals surface area contributed by atoms with Crippen molar-refractivity contribution in [3.05, 3.63) is 79.5 Å². The van der Waals surface area contributed by atoms with Gasteiger partial charge >= 0.3 is 12.1 Å². The molecule has 0 aliphatic carbocycles. The van der Waals surface area contributed by atoms with Gasteiger partial charge in [-0.1, -0.05) is 23.2 Å². The van der Waals surface area contributed by atoms with E-state index in [1.54, 1.807) is 20.8 Å². The summed E-state index contributed by atoms with van der Waals surface area (Å²) >= 11 is 12.5. The van der Waals surface area contributed by atoms with Gasteiger partial charge in [-0.3, -0.25) is 4.79 Å². The van der Waals surface area contributed by atoms with Crippen LogP contribution in [0.15, 0.2) is 30.3 Å². The molecule has 3 rings (SSSR count). The van der Waals surface area contributed by atoms with E-state index < -0.39 is 23.5 Å². The Morgan fingerprint density at radius 2 is 1.62 bits per heavy atom. The lowest BCUT2D eigenvalue weighted by Crippen LogP contribution is -2.15. The van der Waals surface area contributed by atoms with E-state index in [0.29, 0.717) is 16.1 Å². The second kappa shape index (κ2) is 8.60. The number of benzene rings is 2. The molecule has 0 atom stereocenters. The van der Waals surface area contributed by atoms with E-state index in [1.165, 1.54) is 17.8 Å². The molecule has 0 aliphatic rings. The minimum atomic E-state index is -4.53. The first-order chi connectivity index (χ1) is 14.8. The van der Waals surface area contributed by atoms with E-state index in [2.05, 4.69) is 5.10 Å². The van der Waals surface area contributed by atoms with Gasteiger partial charge in [0.15, 0.2) is 0 Å². The predicted octanol–water partition coefficient (Wildman–Crippen LogP) is 6.12. The second-order valence-electron chi connectivity index (χ2n) is 7.18. The van der Waals surface area contributed by atoms with E-state index >= 15 is 0 Å². The first-order valence-electron chi connectivity index (χ1n) is 9.25. The smallest absolute Gasteiger partial charge is 0.403 e. The lowest BCUT2D eigenvalue weighted by atomic mass is 9.99. The van der Waals surface area contributed by atoms with Crippen molar-refractivity contribution in [3.8, 4) is 5.88 Å². The molecular weight excluding hydrogens is 468 g/mol. The Balaban J connectivity index is 1.99. The molecule has 0 fully saturated rings. The number of rotatable bonds is 4.